The minimum atomic E-state index is 0.736. The standard InChI is InChI=1S/C16H25N/c1-4-13-15(12-10-8-7-9-11-12)14(5-2)16(13)17-6-3/h7-11,13-17H,4-6H2,1-3H3. The molecule has 1 aliphatic carbocycles. The summed E-state index contributed by atoms with van der Waals surface area (Å²) in [5.41, 5.74) is 1.54. The van der Waals surface area contributed by atoms with Crippen LogP contribution in [-0.2, 0) is 0 Å². The van der Waals surface area contributed by atoms with E-state index in [9.17, 15) is 0 Å². The first kappa shape index (κ1) is 12.6. The highest BCUT2D eigenvalue weighted by Gasteiger charge is 2.47. The van der Waals surface area contributed by atoms with Crippen LogP contribution >= 0.6 is 0 Å². The molecule has 1 saturated carbocycles. The van der Waals surface area contributed by atoms with E-state index in [-0.39, 0.29) is 0 Å². The van der Waals surface area contributed by atoms with E-state index in [1.165, 1.54) is 12.8 Å². The Balaban J connectivity index is 2.16. The van der Waals surface area contributed by atoms with Gasteiger partial charge in [-0.2, -0.15) is 0 Å². The second kappa shape index (κ2) is 5.68. The summed E-state index contributed by atoms with van der Waals surface area (Å²) in [5.74, 6) is 2.42. The largest absolute Gasteiger partial charge is 0.314 e. The van der Waals surface area contributed by atoms with Crippen molar-refractivity contribution in [1.29, 1.82) is 0 Å². The average molecular weight is 231 g/mol. The molecule has 2 rings (SSSR count). The molecule has 2 unspecified atom stereocenters. The molecule has 0 heterocycles. The fraction of sp³-hybridized carbons (Fsp3) is 0.625. The maximum atomic E-state index is 3.68. The van der Waals surface area contributed by atoms with Crippen molar-refractivity contribution in [3.8, 4) is 0 Å². The van der Waals surface area contributed by atoms with E-state index in [0.29, 0.717) is 0 Å². The maximum absolute atomic E-state index is 3.68. The van der Waals surface area contributed by atoms with Gasteiger partial charge in [-0.15, -0.1) is 0 Å². The van der Waals surface area contributed by atoms with Gasteiger partial charge in [0.15, 0.2) is 0 Å². The van der Waals surface area contributed by atoms with Crippen molar-refractivity contribution in [2.24, 2.45) is 11.8 Å². The Morgan fingerprint density at radius 3 is 2.00 bits per heavy atom. The Morgan fingerprint density at radius 2 is 1.53 bits per heavy atom. The van der Waals surface area contributed by atoms with Crippen LogP contribution in [0.3, 0.4) is 0 Å². The van der Waals surface area contributed by atoms with Crippen LogP contribution in [0.15, 0.2) is 30.3 Å². The first-order valence-corrected chi connectivity index (χ1v) is 7.11. The van der Waals surface area contributed by atoms with Crippen LogP contribution < -0.4 is 5.32 Å². The SMILES string of the molecule is CCNC1C(CC)C(c2ccccc2)C1CC. The van der Waals surface area contributed by atoms with Crippen molar-refractivity contribution in [3.63, 3.8) is 0 Å². The summed E-state index contributed by atoms with van der Waals surface area (Å²) in [5, 5.41) is 3.68. The van der Waals surface area contributed by atoms with Crippen molar-refractivity contribution >= 4 is 0 Å². The number of benzene rings is 1. The molecule has 2 atom stereocenters. The highest BCUT2D eigenvalue weighted by molar-refractivity contribution is 5.26. The lowest BCUT2D eigenvalue weighted by Gasteiger charge is -2.53. The Morgan fingerprint density at radius 1 is 0.941 bits per heavy atom. The third-order valence-electron chi connectivity index (χ3n) is 4.41. The molecule has 94 valence electrons. The van der Waals surface area contributed by atoms with Crippen LogP contribution in [0.4, 0.5) is 0 Å². The predicted molar refractivity (Wildman–Crippen MR) is 74.2 cm³/mol. The van der Waals surface area contributed by atoms with E-state index in [1.807, 2.05) is 0 Å². The first-order valence-electron chi connectivity index (χ1n) is 7.11. The molecular formula is C16H25N. The Kier molecular flexibility index (Phi) is 4.22. The summed E-state index contributed by atoms with van der Waals surface area (Å²) in [4.78, 5) is 0. The number of hydrogen-bond acceptors (Lipinski definition) is 1. The van der Waals surface area contributed by atoms with E-state index in [2.05, 4.69) is 56.4 Å². The molecule has 0 amide bonds. The lowest BCUT2D eigenvalue weighted by molar-refractivity contribution is 0.0630. The highest BCUT2D eigenvalue weighted by atomic mass is 15.0. The zero-order valence-electron chi connectivity index (χ0n) is 11.3. The van der Waals surface area contributed by atoms with Crippen LogP contribution in [0.25, 0.3) is 0 Å². The second-order valence-electron chi connectivity index (χ2n) is 5.16. The van der Waals surface area contributed by atoms with Gasteiger partial charge in [0.2, 0.25) is 0 Å². The smallest absolute Gasteiger partial charge is 0.0135 e. The summed E-state index contributed by atoms with van der Waals surface area (Å²) >= 11 is 0. The van der Waals surface area contributed by atoms with E-state index in [1.54, 1.807) is 5.56 Å². The van der Waals surface area contributed by atoms with Gasteiger partial charge in [-0.25, -0.2) is 0 Å². The quantitative estimate of drug-likeness (QED) is 0.812. The van der Waals surface area contributed by atoms with Crippen molar-refractivity contribution in [2.75, 3.05) is 6.54 Å². The molecule has 0 spiro atoms. The minimum Gasteiger partial charge on any atom is -0.314 e. The molecule has 1 nitrogen and oxygen atoms in total. The zero-order chi connectivity index (χ0) is 12.3. The Bertz CT molecular complexity index is 321. The molecule has 1 aromatic carbocycles. The molecule has 1 heteroatoms. The Labute approximate surface area is 106 Å². The summed E-state index contributed by atoms with van der Waals surface area (Å²) in [6, 6.07) is 11.8. The lowest BCUT2D eigenvalue weighted by Crippen LogP contribution is -2.56. The molecule has 1 aliphatic rings. The van der Waals surface area contributed by atoms with Gasteiger partial charge in [0.25, 0.3) is 0 Å². The van der Waals surface area contributed by atoms with Crippen molar-refractivity contribution in [2.45, 2.75) is 45.6 Å². The monoisotopic (exact) mass is 231 g/mol. The van der Waals surface area contributed by atoms with Gasteiger partial charge >= 0.3 is 0 Å². The van der Waals surface area contributed by atoms with E-state index in [0.717, 1.165) is 30.3 Å². The molecule has 1 aromatic rings. The maximum Gasteiger partial charge on any atom is 0.0135 e. The van der Waals surface area contributed by atoms with Crippen LogP contribution in [0.1, 0.15) is 45.1 Å². The average Bonchev–Trinajstić information content (AvgIpc) is 2.36. The van der Waals surface area contributed by atoms with Gasteiger partial charge in [-0.1, -0.05) is 63.9 Å². The minimum absolute atomic E-state index is 0.736. The molecule has 0 bridgehead atoms. The zero-order valence-corrected chi connectivity index (χ0v) is 11.3. The number of hydrogen-bond donors (Lipinski definition) is 1. The van der Waals surface area contributed by atoms with Gasteiger partial charge < -0.3 is 5.32 Å². The first-order chi connectivity index (χ1) is 8.33. The molecule has 1 N–H and O–H groups in total. The van der Waals surface area contributed by atoms with Crippen molar-refractivity contribution < 1.29 is 0 Å². The van der Waals surface area contributed by atoms with Gasteiger partial charge in [0, 0.05) is 6.04 Å². The predicted octanol–water partition coefficient (Wildman–Crippen LogP) is 3.81. The number of nitrogens with one attached hydrogen (secondary N) is 1. The van der Waals surface area contributed by atoms with Crippen LogP contribution in [0.2, 0.25) is 0 Å². The van der Waals surface area contributed by atoms with Gasteiger partial charge in [0.1, 0.15) is 0 Å². The van der Waals surface area contributed by atoms with Gasteiger partial charge in [0.05, 0.1) is 0 Å². The molecular weight excluding hydrogens is 206 g/mol. The van der Waals surface area contributed by atoms with Crippen LogP contribution in [0.5, 0.6) is 0 Å². The lowest BCUT2D eigenvalue weighted by atomic mass is 9.56. The highest BCUT2D eigenvalue weighted by Crippen LogP contribution is 2.50. The number of rotatable bonds is 5. The summed E-state index contributed by atoms with van der Waals surface area (Å²) in [6.07, 6.45) is 2.57. The van der Waals surface area contributed by atoms with Crippen LogP contribution in [0, 0.1) is 11.8 Å². The Hall–Kier alpha value is -0.820. The molecule has 17 heavy (non-hydrogen) atoms. The van der Waals surface area contributed by atoms with Gasteiger partial charge in [-0.05, 0) is 29.9 Å². The topological polar surface area (TPSA) is 12.0 Å². The van der Waals surface area contributed by atoms with Gasteiger partial charge in [-0.3, -0.25) is 0 Å². The van der Waals surface area contributed by atoms with E-state index in [4.69, 9.17) is 0 Å². The molecule has 0 radical (unpaired) electrons. The fourth-order valence-electron chi connectivity index (χ4n) is 3.66. The molecule has 1 fully saturated rings. The summed E-state index contributed by atoms with van der Waals surface area (Å²) < 4.78 is 0. The molecule has 0 aromatic heterocycles. The van der Waals surface area contributed by atoms with Crippen LogP contribution in [-0.4, -0.2) is 12.6 Å². The van der Waals surface area contributed by atoms with E-state index >= 15 is 0 Å². The third kappa shape index (κ3) is 2.26. The van der Waals surface area contributed by atoms with E-state index < -0.39 is 0 Å². The summed E-state index contributed by atoms with van der Waals surface area (Å²) in [7, 11) is 0. The normalized spacial score (nSPS) is 32.2. The third-order valence-corrected chi connectivity index (χ3v) is 4.41. The summed E-state index contributed by atoms with van der Waals surface area (Å²) in [6.45, 7) is 7.97. The second-order valence-corrected chi connectivity index (χ2v) is 5.16. The molecule has 0 aliphatic heterocycles. The van der Waals surface area contributed by atoms with Crippen molar-refractivity contribution in [3.05, 3.63) is 35.9 Å². The molecule has 0 saturated heterocycles. The fourth-order valence-corrected chi connectivity index (χ4v) is 3.66. The van der Waals surface area contributed by atoms with Crippen molar-refractivity contribution in [1.82, 2.24) is 5.32 Å².